The summed E-state index contributed by atoms with van der Waals surface area (Å²) in [5.74, 6) is 0.839. The number of thioether (sulfide) groups is 1. The smallest absolute Gasteiger partial charge is 0.251 e. The zero-order chi connectivity index (χ0) is 21.5. The quantitative estimate of drug-likeness (QED) is 0.406. The van der Waals surface area contributed by atoms with Crippen LogP contribution in [0.1, 0.15) is 48.0 Å². The molecule has 1 aromatic heterocycles. The highest BCUT2D eigenvalue weighted by atomic mass is 32.2. The van der Waals surface area contributed by atoms with Crippen molar-refractivity contribution in [2.45, 2.75) is 43.0 Å². The SMILES string of the molecule is O=C(NCCCN1CCCCCC1=O)c1ccccc1CSc1nc2ccccc2[nH]1. The maximum absolute atomic E-state index is 12.8. The molecule has 0 spiro atoms. The first kappa shape index (κ1) is 21.4. The highest BCUT2D eigenvalue weighted by Crippen LogP contribution is 2.24. The van der Waals surface area contributed by atoms with E-state index in [-0.39, 0.29) is 11.8 Å². The van der Waals surface area contributed by atoms with Gasteiger partial charge >= 0.3 is 0 Å². The van der Waals surface area contributed by atoms with Crippen LogP contribution in [0.4, 0.5) is 0 Å². The first-order valence-electron chi connectivity index (χ1n) is 10.9. The Kier molecular flexibility index (Phi) is 7.25. The Hall–Kier alpha value is -2.80. The average molecular weight is 437 g/mol. The van der Waals surface area contributed by atoms with Crippen LogP contribution in [0, 0.1) is 0 Å². The number of carbonyl (C=O) groups is 2. The number of hydrogen-bond donors (Lipinski definition) is 2. The zero-order valence-corrected chi connectivity index (χ0v) is 18.4. The van der Waals surface area contributed by atoms with Crippen LogP contribution in [0.3, 0.4) is 0 Å². The molecule has 7 heteroatoms. The van der Waals surface area contributed by atoms with E-state index >= 15 is 0 Å². The standard InChI is InChI=1S/C24H28N4O2S/c29-22-13-2-1-7-15-28(22)16-8-14-25-23(30)19-10-4-3-9-18(19)17-31-24-26-20-11-5-6-12-21(20)27-24/h3-6,9-12H,1-2,7-8,13-17H2,(H,25,30)(H,26,27). The van der Waals surface area contributed by atoms with Crippen LogP contribution < -0.4 is 5.32 Å². The second kappa shape index (κ2) is 10.5. The number of imidazole rings is 1. The monoisotopic (exact) mass is 436 g/mol. The van der Waals surface area contributed by atoms with Gasteiger partial charge in [-0.2, -0.15) is 0 Å². The molecule has 2 amide bonds. The first-order valence-corrected chi connectivity index (χ1v) is 11.9. The molecule has 2 heterocycles. The molecule has 6 nitrogen and oxygen atoms in total. The number of benzene rings is 2. The number of para-hydroxylation sites is 2. The van der Waals surface area contributed by atoms with Crippen molar-refractivity contribution in [2.24, 2.45) is 0 Å². The lowest BCUT2D eigenvalue weighted by Gasteiger charge is -2.20. The normalized spacial score (nSPS) is 14.6. The molecule has 0 unspecified atom stereocenters. The number of carbonyl (C=O) groups excluding carboxylic acids is 2. The Labute approximate surface area is 186 Å². The van der Waals surface area contributed by atoms with Crippen LogP contribution in [0.2, 0.25) is 0 Å². The van der Waals surface area contributed by atoms with Crippen molar-refractivity contribution >= 4 is 34.6 Å². The molecular weight excluding hydrogens is 408 g/mol. The number of fused-ring (bicyclic) bond motifs is 1. The predicted molar refractivity (Wildman–Crippen MR) is 124 cm³/mol. The van der Waals surface area contributed by atoms with Crippen molar-refractivity contribution in [1.82, 2.24) is 20.2 Å². The van der Waals surface area contributed by atoms with Crippen LogP contribution >= 0.6 is 11.8 Å². The summed E-state index contributed by atoms with van der Waals surface area (Å²) in [5, 5.41) is 3.87. The summed E-state index contributed by atoms with van der Waals surface area (Å²) in [6.45, 7) is 2.12. The van der Waals surface area contributed by atoms with Crippen molar-refractivity contribution < 1.29 is 9.59 Å². The average Bonchev–Trinajstić information content (AvgIpc) is 3.10. The van der Waals surface area contributed by atoms with Gasteiger partial charge < -0.3 is 15.2 Å². The largest absolute Gasteiger partial charge is 0.352 e. The van der Waals surface area contributed by atoms with E-state index in [4.69, 9.17) is 0 Å². The van der Waals surface area contributed by atoms with Gasteiger partial charge in [0.15, 0.2) is 5.16 Å². The number of aromatic amines is 1. The van der Waals surface area contributed by atoms with Crippen molar-refractivity contribution in [2.75, 3.05) is 19.6 Å². The third-order valence-corrected chi connectivity index (χ3v) is 6.48. The minimum absolute atomic E-state index is 0.0667. The third kappa shape index (κ3) is 5.67. The maximum Gasteiger partial charge on any atom is 0.251 e. The van der Waals surface area contributed by atoms with Gasteiger partial charge in [-0.15, -0.1) is 0 Å². The van der Waals surface area contributed by atoms with Gasteiger partial charge in [0.05, 0.1) is 11.0 Å². The number of likely N-dealkylation sites (tertiary alicyclic amines) is 1. The van der Waals surface area contributed by atoms with Crippen LogP contribution in [0.15, 0.2) is 53.7 Å². The summed E-state index contributed by atoms with van der Waals surface area (Å²) in [6, 6.07) is 15.6. The summed E-state index contributed by atoms with van der Waals surface area (Å²) in [4.78, 5) is 34.7. The van der Waals surface area contributed by atoms with Gasteiger partial charge in [0.25, 0.3) is 5.91 Å². The molecule has 1 aliphatic rings. The molecule has 3 aromatic rings. The Bertz CT molecular complexity index is 1020. The number of hydrogen-bond acceptors (Lipinski definition) is 4. The number of nitrogens with zero attached hydrogens (tertiary/aromatic N) is 2. The molecule has 1 fully saturated rings. The van der Waals surface area contributed by atoms with Crippen molar-refractivity contribution in [3.63, 3.8) is 0 Å². The number of rotatable bonds is 8. The Morgan fingerprint density at radius 3 is 2.84 bits per heavy atom. The minimum Gasteiger partial charge on any atom is -0.352 e. The van der Waals surface area contributed by atoms with E-state index in [2.05, 4.69) is 15.3 Å². The molecule has 162 valence electrons. The lowest BCUT2D eigenvalue weighted by Crippen LogP contribution is -2.34. The van der Waals surface area contributed by atoms with E-state index in [1.807, 2.05) is 53.4 Å². The highest BCUT2D eigenvalue weighted by Gasteiger charge is 2.16. The van der Waals surface area contributed by atoms with Gasteiger partial charge in [-0.25, -0.2) is 4.98 Å². The molecular formula is C24H28N4O2S. The van der Waals surface area contributed by atoms with Gasteiger partial charge in [0, 0.05) is 37.4 Å². The van der Waals surface area contributed by atoms with Crippen LogP contribution in [0.5, 0.6) is 0 Å². The topological polar surface area (TPSA) is 78.1 Å². The maximum atomic E-state index is 12.8. The second-order valence-corrected chi connectivity index (χ2v) is 8.77. The van der Waals surface area contributed by atoms with E-state index in [1.54, 1.807) is 11.8 Å². The fourth-order valence-electron chi connectivity index (χ4n) is 3.85. The van der Waals surface area contributed by atoms with Crippen molar-refractivity contribution in [3.8, 4) is 0 Å². The molecule has 0 aliphatic carbocycles. The molecule has 31 heavy (non-hydrogen) atoms. The van der Waals surface area contributed by atoms with Crippen LogP contribution in [-0.2, 0) is 10.5 Å². The Balaban J connectivity index is 1.29. The van der Waals surface area contributed by atoms with Crippen LogP contribution in [0.25, 0.3) is 11.0 Å². The zero-order valence-electron chi connectivity index (χ0n) is 17.6. The first-order chi connectivity index (χ1) is 15.2. The summed E-state index contributed by atoms with van der Waals surface area (Å²) >= 11 is 1.59. The second-order valence-electron chi connectivity index (χ2n) is 7.81. The molecule has 0 atom stereocenters. The van der Waals surface area contributed by atoms with Gasteiger partial charge in [0.2, 0.25) is 5.91 Å². The number of aromatic nitrogens is 2. The number of amides is 2. The van der Waals surface area contributed by atoms with Gasteiger partial charge in [-0.1, -0.05) is 48.5 Å². The fraction of sp³-hybridized carbons (Fsp3) is 0.375. The number of H-pyrrole nitrogens is 1. The summed E-state index contributed by atoms with van der Waals surface area (Å²) in [5.41, 5.74) is 3.63. The predicted octanol–water partition coefficient (Wildman–Crippen LogP) is 4.38. The molecule has 1 aliphatic heterocycles. The van der Waals surface area contributed by atoms with E-state index in [0.29, 0.717) is 30.8 Å². The van der Waals surface area contributed by atoms with Crippen LogP contribution in [-0.4, -0.2) is 46.3 Å². The Morgan fingerprint density at radius 2 is 1.94 bits per heavy atom. The van der Waals surface area contributed by atoms with E-state index in [1.165, 1.54) is 0 Å². The van der Waals surface area contributed by atoms with Gasteiger partial charge in [-0.3, -0.25) is 9.59 Å². The van der Waals surface area contributed by atoms with Gasteiger partial charge in [0.1, 0.15) is 0 Å². The summed E-state index contributed by atoms with van der Waals surface area (Å²) < 4.78 is 0. The summed E-state index contributed by atoms with van der Waals surface area (Å²) in [6.07, 6.45) is 4.63. The van der Waals surface area contributed by atoms with E-state index < -0.39 is 0 Å². The summed E-state index contributed by atoms with van der Waals surface area (Å²) in [7, 11) is 0. The molecule has 2 aromatic carbocycles. The molecule has 2 N–H and O–H groups in total. The van der Waals surface area contributed by atoms with E-state index in [9.17, 15) is 9.59 Å². The Morgan fingerprint density at radius 1 is 1.10 bits per heavy atom. The van der Waals surface area contributed by atoms with Gasteiger partial charge in [-0.05, 0) is 43.0 Å². The third-order valence-electron chi connectivity index (χ3n) is 5.56. The van der Waals surface area contributed by atoms with E-state index in [0.717, 1.165) is 54.0 Å². The molecule has 1 saturated heterocycles. The lowest BCUT2D eigenvalue weighted by atomic mass is 10.1. The molecule has 0 bridgehead atoms. The molecule has 0 saturated carbocycles. The van der Waals surface area contributed by atoms with Crippen molar-refractivity contribution in [1.29, 1.82) is 0 Å². The lowest BCUT2D eigenvalue weighted by molar-refractivity contribution is -0.130. The van der Waals surface area contributed by atoms with Crippen molar-refractivity contribution in [3.05, 3.63) is 59.7 Å². The molecule has 0 radical (unpaired) electrons. The minimum atomic E-state index is -0.0667. The number of nitrogens with one attached hydrogen (secondary N) is 2. The highest BCUT2D eigenvalue weighted by molar-refractivity contribution is 7.98. The fourth-order valence-corrected chi connectivity index (χ4v) is 4.74. The molecule has 4 rings (SSSR count).